The van der Waals surface area contributed by atoms with Crippen molar-refractivity contribution in [1.29, 1.82) is 0 Å². The number of nitrogens with one attached hydrogen (secondary N) is 1. The zero-order valence-corrected chi connectivity index (χ0v) is 11.7. The zero-order chi connectivity index (χ0) is 13.8. The first-order valence-electron chi connectivity index (χ1n) is 5.89. The lowest BCUT2D eigenvalue weighted by molar-refractivity contribution is 0.0941. The maximum Gasteiger partial charge on any atom is 0.254 e. The number of nitrogens with two attached hydrogens (primary N) is 1. The van der Waals surface area contributed by atoms with E-state index in [9.17, 15) is 4.79 Å². The average molecular weight is 276 g/mol. The van der Waals surface area contributed by atoms with Gasteiger partial charge in [-0.25, -0.2) is 0 Å². The minimum absolute atomic E-state index is 0.0434. The van der Waals surface area contributed by atoms with Crippen LogP contribution in [0.25, 0.3) is 0 Å². The summed E-state index contributed by atoms with van der Waals surface area (Å²) in [5.41, 5.74) is 6.70. The van der Waals surface area contributed by atoms with E-state index in [2.05, 4.69) is 5.32 Å². The van der Waals surface area contributed by atoms with Crippen molar-refractivity contribution in [3.05, 3.63) is 46.2 Å². The van der Waals surface area contributed by atoms with Crippen molar-refractivity contribution in [3.8, 4) is 5.75 Å². The summed E-state index contributed by atoms with van der Waals surface area (Å²) in [5, 5.41) is 4.91. The molecule has 1 amide bonds. The summed E-state index contributed by atoms with van der Waals surface area (Å²) in [5.74, 6) is 0.417. The maximum absolute atomic E-state index is 12.2. The van der Waals surface area contributed by atoms with Crippen LogP contribution in [0.5, 0.6) is 5.75 Å². The van der Waals surface area contributed by atoms with Crippen molar-refractivity contribution in [2.75, 3.05) is 12.8 Å². The Balaban J connectivity index is 2.16. The molecule has 1 atom stereocenters. The van der Waals surface area contributed by atoms with Crippen LogP contribution < -0.4 is 15.8 Å². The molecule has 0 saturated carbocycles. The Kier molecular flexibility index (Phi) is 4.06. The van der Waals surface area contributed by atoms with Gasteiger partial charge in [0.25, 0.3) is 5.91 Å². The van der Waals surface area contributed by atoms with Crippen molar-refractivity contribution < 1.29 is 9.53 Å². The molecule has 1 aromatic heterocycles. The highest BCUT2D eigenvalue weighted by atomic mass is 32.1. The molecule has 0 fully saturated rings. The van der Waals surface area contributed by atoms with E-state index in [1.807, 2.05) is 24.4 Å². The first kappa shape index (κ1) is 13.4. The molecule has 1 unspecified atom stereocenters. The number of methoxy groups -OCH3 is 1. The quantitative estimate of drug-likeness (QED) is 0.844. The first-order chi connectivity index (χ1) is 9.11. The van der Waals surface area contributed by atoms with E-state index in [4.69, 9.17) is 10.5 Å². The van der Waals surface area contributed by atoms with Gasteiger partial charge in [-0.3, -0.25) is 4.79 Å². The fourth-order valence-corrected chi connectivity index (χ4v) is 2.48. The molecule has 1 aromatic carbocycles. The number of anilines is 1. The van der Waals surface area contributed by atoms with Crippen molar-refractivity contribution in [2.45, 2.75) is 13.0 Å². The second-order valence-electron chi connectivity index (χ2n) is 4.16. The van der Waals surface area contributed by atoms with E-state index in [1.54, 1.807) is 36.6 Å². The van der Waals surface area contributed by atoms with Crippen molar-refractivity contribution in [3.63, 3.8) is 0 Å². The highest BCUT2D eigenvalue weighted by molar-refractivity contribution is 7.10. The van der Waals surface area contributed by atoms with Gasteiger partial charge in [0.1, 0.15) is 5.75 Å². The molecule has 3 N–H and O–H groups in total. The summed E-state index contributed by atoms with van der Waals surface area (Å²) in [6.07, 6.45) is 0. The number of hydrogen-bond acceptors (Lipinski definition) is 4. The van der Waals surface area contributed by atoms with Crippen LogP contribution in [0.3, 0.4) is 0 Å². The minimum atomic E-state index is -0.197. The molecule has 2 aromatic rings. The molecule has 0 radical (unpaired) electrons. The van der Waals surface area contributed by atoms with Crippen molar-refractivity contribution in [2.24, 2.45) is 0 Å². The van der Waals surface area contributed by atoms with Crippen molar-refractivity contribution >= 4 is 22.9 Å². The molecule has 4 nitrogen and oxygen atoms in total. The zero-order valence-electron chi connectivity index (χ0n) is 10.8. The second-order valence-corrected chi connectivity index (χ2v) is 5.14. The summed E-state index contributed by atoms with van der Waals surface area (Å²) in [6.45, 7) is 1.94. The SMILES string of the molecule is COc1ccc(N)c(C(=O)NC(C)c2cccs2)c1. The standard InChI is InChI=1S/C14H16N2O2S/c1-9(13-4-3-7-19-13)16-14(17)11-8-10(18-2)5-6-12(11)15/h3-9H,15H2,1-2H3,(H,16,17). The Morgan fingerprint density at radius 1 is 1.42 bits per heavy atom. The van der Waals surface area contributed by atoms with E-state index < -0.39 is 0 Å². The van der Waals surface area contributed by atoms with E-state index in [-0.39, 0.29) is 11.9 Å². The molecular formula is C14H16N2O2S. The third-order valence-electron chi connectivity index (χ3n) is 2.82. The van der Waals surface area contributed by atoms with E-state index >= 15 is 0 Å². The van der Waals surface area contributed by atoms with E-state index in [1.165, 1.54) is 0 Å². The Labute approximate surface area is 116 Å². The molecule has 5 heteroatoms. The predicted octanol–water partition coefficient (Wildman–Crippen LogP) is 2.83. The summed E-state index contributed by atoms with van der Waals surface area (Å²) in [6, 6.07) is 8.95. The van der Waals surface area contributed by atoms with Crippen LogP contribution in [0, 0.1) is 0 Å². The van der Waals surface area contributed by atoms with Crippen LogP contribution in [0.15, 0.2) is 35.7 Å². The normalized spacial score (nSPS) is 11.9. The topological polar surface area (TPSA) is 64.3 Å². The third-order valence-corrected chi connectivity index (χ3v) is 3.88. The lowest BCUT2D eigenvalue weighted by Crippen LogP contribution is -2.26. The van der Waals surface area contributed by atoms with Gasteiger partial charge in [-0.2, -0.15) is 0 Å². The van der Waals surface area contributed by atoms with Crippen LogP contribution in [-0.4, -0.2) is 13.0 Å². The number of nitrogen functional groups attached to an aromatic ring is 1. The molecule has 2 rings (SSSR count). The lowest BCUT2D eigenvalue weighted by atomic mass is 10.1. The Hall–Kier alpha value is -2.01. The van der Waals surface area contributed by atoms with Gasteiger partial charge in [0.05, 0.1) is 18.7 Å². The number of carbonyl (C=O) groups is 1. The molecular weight excluding hydrogens is 260 g/mol. The van der Waals surface area contributed by atoms with Crippen LogP contribution in [-0.2, 0) is 0 Å². The molecule has 0 aliphatic rings. The molecule has 0 saturated heterocycles. The number of thiophene rings is 1. The van der Waals surface area contributed by atoms with Gasteiger partial charge in [0, 0.05) is 10.6 Å². The summed E-state index contributed by atoms with van der Waals surface area (Å²) >= 11 is 1.61. The molecule has 1 heterocycles. The Bertz CT molecular complexity index is 567. The number of carbonyl (C=O) groups excluding carboxylic acids is 1. The third kappa shape index (κ3) is 3.06. The van der Waals surface area contributed by atoms with Gasteiger partial charge in [-0.05, 0) is 36.6 Å². The fraction of sp³-hybridized carbons (Fsp3) is 0.214. The molecule has 0 spiro atoms. The number of amides is 1. The summed E-state index contributed by atoms with van der Waals surface area (Å²) in [7, 11) is 1.56. The highest BCUT2D eigenvalue weighted by Gasteiger charge is 2.15. The summed E-state index contributed by atoms with van der Waals surface area (Å²) in [4.78, 5) is 13.3. The smallest absolute Gasteiger partial charge is 0.254 e. The van der Waals surface area contributed by atoms with Crippen LogP contribution in [0.2, 0.25) is 0 Å². The van der Waals surface area contributed by atoms with Crippen LogP contribution >= 0.6 is 11.3 Å². The van der Waals surface area contributed by atoms with Gasteiger partial charge in [-0.1, -0.05) is 6.07 Å². The molecule has 0 bridgehead atoms. The number of ether oxygens (including phenoxy) is 1. The minimum Gasteiger partial charge on any atom is -0.497 e. The predicted molar refractivity (Wildman–Crippen MR) is 77.6 cm³/mol. The van der Waals surface area contributed by atoms with Crippen LogP contribution in [0.4, 0.5) is 5.69 Å². The molecule has 19 heavy (non-hydrogen) atoms. The number of rotatable bonds is 4. The monoisotopic (exact) mass is 276 g/mol. The van der Waals surface area contributed by atoms with Gasteiger partial charge in [-0.15, -0.1) is 11.3 Å². The summed E-state index contributed by atoms with van der Waals surface area (Å²) < 4.78 is 5.10. The number of benzene rings is 1. The van der Waals surface area contributed by atoms with Gasteiger partial charge < -0.3 is 15.8 Å². The van der Waals surface area contributed by atoms with E-state index in [0.717, 1.165) is 4.88 Å². The van der Waals surface area contributed by atoms with Gasteiger partial charge >= 0.3 is 0 Å². The average Bonchev–Trinajstić information content (AvgIpc) is 2.93. The van der Waals surface area contributed by atoms with Crippen molar-refractivity contribution in [1.82, 2.24) is 5.32 Å². The first-order valence-corrected chi connectivity index (χ1v) is 6.77. The molecule has 100 valence electrons. The second kappa shape index (κ2) is 5.75. The Morgan fingerprint density at radius 3 is 2.84 bits per heavy atom. The maximum atomic E-state index is 12.2. The number of hydrogen-bond donors (Lipinski definition) is 2. The molecule has 0 aliphatic heterocycles. The van der Waals surface area contributed by atoms with Gasteiger partial charge in [0.2, 0.25) is 0 Å². The van der Waals surface area contributed by atoms with E-state index in [0.29, 0.717) is 17.0 Å². The highest BCUT2D eigenvalue weighted by Crippen LogP contribution is 2.22. The largest absolute Gasteiger partial charge is 0.497 e. The van der Waals surface area contributed by atoms with Gasteiger partial charge in [0.15, 0.2) is 0 Å². The fourth-order valence-electron chi connectivity index (χ4n) is 1.74. The Morgan fingerprint density at radius 2 is 2.21 bits per heavy atom. The van der Waals surface area contributed by atoms with Crippen LogP contribution in [0.1, 0.15) is 28.2 Å². The molecule has 0 aliphatic carbocycles. The lowest BCUT2D eigenvalue weighted by Gasteiger charge is -2.14.